The number of amidine groups is 1. The Morgan fingerprint density at radius 1 is 1.14 bits per heavy atom. The molecule has 0 aliphatic carbocycles. The number of halogens is 1. The Bertz CT molecular complexity index is 1050. The predicted octanol–water partition coefficient (Wildman–Crippen LogP) is 3.52. The van der Waals surface area contributed by atoms with Crippen molar-refractivity contribution in [3.8, 4) is 0 Å². The van der Waals surface area contributed by atoms with Crippen LogP contribution in [0.25, 0.3) is 5.70 Å². The van der Waals surface area contributed by atoms with Crippen LogP contribution in [0.5, 0.6) is 0 Å². The molecule has 0 radical (unpaired) electrons. The maximum absolute atomic E-state index is 13.0. The second-order valence-corrected chi connectivity index (χ2v) is 8.59. The molecule has 0 saturated carbocycles. The van der Waals surface area contributed by atoms with Gasteiger partial charge in [0.25, 0.3) is 5.91 Å². The van der Waals surface area contributed by atoms with E-state index in [1.165, 1.54) is 12.8 Å². The lowest BCUT2D eigenvalue weighted by Gasteiger charge is -2.34. The molecule has 0 bridgehead atoms. The largest absolute Gasteiger partial charge is 0.298 e. The van der Waals surface area contributed by atoms with Crippen molar-refractivity contribution in [1.82, 2.24) is 10.3 Å². The fourth-order valence-corrected chi connectivity index (χ4v) is 4.64. The molecule has 1 amide bonds. The number of hydrogen-bond donors (Lipinski definition) is 1. The molecule has 0 saturated heterocycles. The number of benzene rings is 2. The Balaban J connectivity index is 1.79. The number of nitrogens with one attached hydrogen (secondary N) is 1. The van der Waals surface area contributed by atoms with Gasteiger partial charge >= 0.3 is 0 Å². The van der Waals surface area contributed by atoms with Crippen LogP contribution in [0.1, 0.15) is 37.9 Å². The minimum atomic E-state index is -0.391. The van der Waals surface area contributed by atoms with Gasteiger partial charge in [-0.1, -0.05) is 83.9 Å². The first-order valence-corrected chi connectivity index (χ1v) is 11.2. The monoisotopic (exact) mass is 456 g/mol. The molecule has 1 atom stereocenters. The number of unbranched alkanes of at least 4 members (excludes halogenated alkanes) is 2. The number of para-hydroxylation sites is 1. The first-order chi connectivity index (χ1) is 13.7. The van der Waals surface area contributed by atoms with E-state index in [1.54, 1.807) is 16.8 Å². The zero-order chi connectivity index (χ0) is 19.5. The van der Waals surface area contributed by atoms with E-state index in [9.17, 15) is 4.79 Å². The standard InChI is InChI=1S/C21H21BrN4OS/c1-2-3-8-13-28-21-24-20(27)18-15-10-5-7-12-17(15)23-19(26(18)25-21)14-9-4-6-11-16(14)22/h4-7,9-12,19H,2-3,8,13H2,1H3,(H,24,25,27)/t19-/m1/s1. The van der Waals surface area contributed by atoms with Crippen molar-refractivity contribution in [1.29, 1.82) is 0 Å². The number of thioether (sulfide) groups is 1. The highest BCUT2D eigenvalue weighted by Gasteiger charge is 2.34. The zero-order valence-corrected chi connectivity index (χ0v) is 18.0. The van der Waals surface area contributed by atoms with Gasteiger partial charge in [-0.15, -0.1) is 5.10 Å². The lowest BCUT2D eigenvalue weighted by Crippen LogP contribution is -2.50. The fourth-order valence-electron chi connectivity index (χ4n) is 3.30. The molecule has 0 spiro atoms. The summed E-state index contributed by atoms with van der Waals surface area (Å²) in [7, 11) is 0. The summed E-state index contributed by atoms with van der Waals surface area (Å²) in [4.78, 5) is 17.9. The summed E-state index contributed by atoms with van der Waals surface area (Å²) in [6, 6.07) is 15.7. The molecule has 4 rings (SSSR count). The number of rotatable bonds is 5. The van der Waals surface area contributed by atoms with Crippen molar-refractivity contribution < 1.29 is 4.79 Å². The van der Waals surface area contributed by atoms with E-state index in [1.807, 2.05) is 48.5 Å². The highest BCUT2D eigenvalue weighted by atomic mass is 79.9. The minimum Gasteiger partial charge on any atom is -0.298 e. The summed E-state index contributed by atoms with van der Waals surface area (Å²) in [5, 5.41) is 11.8. The Hall–Kier alpha value is -2.12. The quantitative estimate of drug-likeness (QED) is 0.700. The molecule has 7 heteroatoms. The van der Waals surface area contributed by atoms with Crippen LogP contribution in [0, 0.1) is 0 Å². The van der Waals surface area contributed by atoms with Crippen molar-refractivity contribution in [2.75, 3.05) is 5.75 Å². The van der Waals surface area contributed by atoms with Gasteiger partial charge in [-0.25, -0.2) is 5.01 Å². The van der Waals surface area contributed by atoms with Crippen molar-refractivity contribution in [3.63, 3.8) is 0 Å². The van der Waals surface area contributed by atoms with Crippen LogP contribution in [-0.4, -0.2) is 21.8 Å². The summed E-state index contributed by atoms with van der Waals surface area (Å²) in [5.41, 5.74) is 1.52. The first-order valence-electron chi connectivity index (χ1n) is 9.42. The predicted molar refractivity (Wildman–Crippen MR) is 117 cm³/mol. The molecule has 5 nitrogen and oxygen atoms in total. The highest BCUT2D eigenvalue weighted by molar-refractivity contribution is 9.10. The van der Waals surface area contributed by atoms with Gasteiger partial charge in [-0.3, -0.25) is 15.1 Å². The molecule has 2 aliphatic rings. The van der Waals surface area contributed by atoms with E-state index in [-0.39, 0.29) is 5.91 Å². The number of carbonyl (C=O) groups excluding carboxylic acids is 1. The second kappa shape index (κ2) is 8.49. The number of hydrazone groups is 1. The van der Waals surface area contributed by atoms with Gasteiger partial charge in [0.05, 0.1) is 5.36 Å². The Morgan fingerprint density at radius 2 is 1.93 bits per heavy atom. The Labute approximate surface area is 176 Å². The van der Waals surface area contributed by atoms with Crippen LogP contribution in [-0.2, 0) is 4.79 Å². The van der Waals surface area contributed by atoms with E-state index in [0.29, 0.717) is 10.9 Å². The maximum Gasteiger partial charge on any atom is 0.276 e. The average molecular weight is 457 g/mol. The summed E-state index contributed by atoms with van der Waals surface area (Å²) in [6.07, 6.45) is 3.06. The zero-order valence-electron chi connectivity index (χ0n) is 15.6. The van der Waals surface area contributed by atoms with Gasteiger partial charge in [-0.2, -0.15) is 0 Å². The second-order valence-electron chi connectivity index (χ2n) is 6.65. The van der Waals surface area contributed by atoms with Crippen molar-refractivity contribution in [3.05, 3.63) is 69.1 Å². The minimum absolute atomic E-state index is 0.132. The lowest BCUT2D eigenvalue weighted by atomic mass is 10.1. The van der Waals surface area contributed by atoms with Crippen molar-refractivity contribution in [2.45, 2.75) is 32.4 Å². The smallest absolute Gasteiger partial charge is 0.276 e. The summed E-state index contributed by atoms with van der Waals surface area (Å²) in [5.74, 6) is 0.802. The Kier molecular flexibility index (Phi) is 5.82. The first kappa shape index (κ1) is 19.2. The third-order valence-electron chi connectivity index (χ3n) is 4.69. The van der Waals surface area contributed by atoms with Crippen LogP contribution in [0.2, 0.25) is 0 Å². The highest BCUT2D eigenvalue weighted by Crippen LogP contribution is 2.34. The maximum atomic E-state index is 13.0. The molecule has 0 unspecified atom stereocenters. The van der Waals surface area contributed by atoms with E-state index in [4.69, 9.17) is 10.1 Å². The van der Waals surface area contributed by atoms with Crippen LogP contribution in [0.3, 0.4) is 0 Å². The van der Waals surface area contributed by atoms with Gasteiger partial charge in [0.1, 0.15) is 5.70 Å². The fraction of sp³-hybridized carbons (Fsp3) is 0.286. The third kappa shape index (κ3) is 3.73. The number of hydrogen-bond acceptors (Lipinski definition) is 5. The van der Waals surface area contributed by atoms with E-state index in [0.717, 1.165) is 32.8 Å². The van der Waals surface area contributed by atoms with E-state index >= 15 is 0 Å². The van der Waals surface area contributed by atoms with Crippen LogP contribution >= 0.6 is 27.7 Å². The van der Waals surface area contributed by atoms with E-state index < -0.39 is 6.17 Å². The summed E-state index contributed by atoms with van der Waals surface area (Å²) < 4.78 is 0.945. The van der Waals surface area contributed by atoms with Gasteiger partial charge < -0.3 is 0 Å². The molecule has 28 heavy (non-hydrogen) atoms. The summed E-state index contributed by atoms with van der Waals surface area (Å²) >= 11 is 5.22. The van der Waals surface area contributed by atoms with Gasteiger partial charge in [0, 0.05) is 21.0 Å². The molecule has 144 valence electrons. The van der Waals surface area contributed by atoms with Crippen LogP contribution < -0.4 is 15.9 Å². The molecule has 0 aromatic heterocycles. The molecular formula is C21H21BrN4OS. The molecule has 2 aromatic carbocycles. The molecule has 2 aromatic rings. The average Bonchev–Trinajstić information content (AvgIpc) is 2.71. The topological polar surface area (TPSA) is 57.1 Å². The SMILES string of the molecule is CCCCCSC1=NN2C(=c3ccccc3=N[C@H]2c2ccccc2Br)C(=O)N1. The normalized spacial score (nSPS) is 18.0. The number of nitrogens with zero attached hydrogens (tertiary/aromatic N) is 3. The third-order valence-corrected chi connectivity index (χ3v) is 6.36. The molecule has 1 N–H and O–H groups in total. The van der Waals surface area contributed by atoms with Crippen LogP contribution in [0.4, 0.5) is 0 Å². The number of fused-ring (bicyclic) bond motifs is 2. The Morgan fingerprint density at radius 3 is 2.75 bits per heavy atom. The molecule has 2 heterocycles. The molecular weight excluding hydrogens is 436 g/mol. The molecule has 0 fully saturated rings. The van der Waals surface area contributed by atoms with Gasteiger partial charge in [0.15, 0.2) is 11.3 Å². The van der Waals surface area contributed by atoms with Crippen molar-refractivity contribution >= 4 is 44.5 Å². The van der Waals surface area contributed by atoms with Crippen molar-refractivity contribution in [2.24, 2.45) is 10.1 Å². The molecule has 2 aliphatic heterocycles. The van der Waals surface area contributed by atoms with Gasteiger partial charge in [-0.05, 0) is 18.6 Å². The van der Waals surface area contributed by atoms with E-state index in [2.05, 4.69) is 28.2 Å². The summed E-state index contributed by atoms with van der Waals surface area (Å²) in [6.45, 7) is 2.18. The number of amides is 1. The lowest BCUT2D eigenvalue weighted by molar-refractivity contribution is -0.116. The number of carbonyl (C=O) groups is 1. The van der Waals surface area contributed by atoms with Crippen LogP contribution in [0.15, 0.2) is 63.1 Å². The van der Waals surface area contributed by atoms with Gasteiger partial charge in [0.2, 0.25) is 0 Å².